The molecule has 8 nitrogen and oxygen atoms in total. The van der Waals surface area contributed by atoms with Crippen LogP contribution in [-0.2, 0) is 11.8 Å². The van der Waals surface area contributed by atoms with Gasteiger partial charge in [0.2, 0.25) is 0 Å². The van der Waals surface area contributed by atoms with Gasteiger partial charge in [-0.1, -0.05) is 5.21 Å². The minimum Gasteiger partial charge on any atom is -0.381 e. The van der Waals surface area contributed by atoms with Gasteiger partial charge < -0.3 is 9.30 Å². The zero-order valence-corrected chi connectivity index (χ0v) is 22.0. The minimum absolute atomic E-state index is 0.0123. The van der Waals surface area contributed by atoms with Gasteiger partial charge in [0.25, 0.3) is 0 Å². The lowest BCUT2D eigenvalue weighted by Crippen LogP contribution is -2.28. The molecule has 6 heterocycles. The van der Waals surface area contributed by atoms with Crippen LogP contribution in [0.2, 0.25) is 0 Å². The molecule has 1 saturated heterocycles. The van der Waals surface area contributed by atoms with Crippen molar-refractivity contribution < 1.29 is 13.9 Å². The summed E-state index contributed by atoms with van der Waals surface area (Å²) in [5.74, 6) is -0.233. The molecule has 5 aromatic heterocycles. The van der Waals surface area contributed by atoms with Gasteiger partial charge >= 0.3 is 0 Å². The summed E-state index contributed by atoms with van der Waals surface area (Å²) in [5, 5.41) is 8.37. The minimum atomic E-state index is -0.388. The van der Waals surface area contributed by atoms with Crippen LogP contribution in [0.25, 0.3) is 32.5 Å². The third kappa shape index (κ3) is 3.77. The second-order valence-electron chi connectivity index (χ2n) is 9.66. The lowest BCUT2D eigenvalue weighted by molar-refractivity contribution is 0.0543. The highest BCUT2D eigenvalue weighted by Crippen LogP contribution is 2.45. The molecule has 1 aliphatic heterocycles. The summed E-state index contributed by atoms with van der Waals surface area (Å²) in [5.41, 5.74) is 6.41. The first-order valence-electron chi connectivity index (χ1n) is 12.4. The molecule has 1 fully saturated rings. The van der Waals surface area contributed by atoms with Crippen LogP contribution in [0.4, 0.5) is 4.39 Å². The fourth-order valence-electron chi connectivity index (χ4n) is 5.70. The van der Waals surface area contributed by atoms with Gasteiger partial charge in [-0.3, -0.25) is 14.8 Å². The smallest absolute Gasteiger partial charge is 0.170 e. The molecule has 37 heavy (non-hydrogen) atoms. The van der Waals surface area contributed by atoms with Crippen LogP contribution in [0, 0.1) is 25.6 Å². The van der Waals surface area contributed by atoms with E-state index in [1.54, 1.807) is 23.9 Å². The maximum Gasteiger partial charge on any atom is 0.170 e. The van der Waals surface area contributed by atoms with Crippen LogP contribution in [0.5, 0.6) is 0 Å². The van der Waals surface area contributed by atoms with E-state index in [9.17, 15) is 4.79 Å². The quantitative estimate of drug-likeness (QED) is 0.289. The Hall–Kier alpha value is -3.50. The summed E-state index contributed by atoms with van der Waals surface area (Å²) < 4.78 is 25.9. The molecule has 0 aromatic carbocycles. The van der Waals surface area contributed by atoms with E-state index >= 15 is 4.39 Å². The normalized spacial score (nSPS) is 15.6. The lowest BCUT2D eigenvalue weighted by Gasteiger charge is -2.32. The molecule has 0 bridgehead atoms. The number of hydrogen-bond donors (Lipinski definition) is 0. The second-order valence-corrected chi connectivity index (χ2v) is 10.7. The number of ketones is 1. The van der Waals surface area contributed by atoms with Gasteiger partial charge in [0, 0.05) is 38.2 Å². The molecule has 1 unspecified atom stereocenters. The van der Waals surface area contributed by atoms with E-state index in [4.69, 9.17) is 9.72 Å². The first-order valence-corrected chi connectivity index (χ1v) is 13.2. The average Bonchev–Trinajstić information content (AvgIpc) is 3.52. The van der Waals surface area contributed by atoms with Crippen LogP contribution in [0.1, 0.15) is 52.4 Å². The number of thiophene rings is 1. The number of pyridine rings is 2. The average molecular weight is 519 g/mol. The molecule has 0 spiro atoms. The van der Waals surface area contributed by atoms with Gasteiger partial charge in [-0.15, -0.1) is 16.4 Å². The summed E-state index contributed by atoms with van der Waals surface area (Å²) in [6.07, 6.45) is 5.03. The Labute approximate surface area is 217 Å². The van der Waals surface area contributed by atoms with E-state index in [0.717, 1.165) is 56.6 Å². The van der Waals surface area contributed by atoms with Crippen molar-refractivity contribution in [3.8, 4) is 11.3 Å². The van der Waals surface area contributed by atoms with E-state index < -0.39 is 0 Å². The number of hydrogen-bond acceptors (Lipinski definition) is 7. The summed E-state index contributed by atoms with van der Waals surface area (Å²) in [4.78, 5) is 22.7. The zero-order valence-electron chi connectivity index (χ0n) is 21.2. The van der Waals surface area contributed by atoms with Crippen molar-refractivity contribution in [3.05, 3.63) is 58.2 Å². The summed E-state index contributed by atoms with van der Waals surface area (Å²) >= 11 is 1.45. The Kier molecular flexibility index (Phi) is 5.88. The Morgan fingerprint density at radius 2 is 2.03 bits per heavy atom. The third-order valence-electron chi connectivity index (χ3n) is 7.34. The predicted octanol–water partition coefficient (Wildman–Crippen LogP) is 5.42. The van der Waals surface area contributed by atoms with Crippen LogP contribution in [0.15, 0.2) is 30.6 Å². The first kappa shape index (κ1) is 23.9. The molecular formula is C27H27FN6O2S. The Balaban J connectivity index is 1.72. The zero-order chi connectivity index (χ0) is 25.8. The number of carbonyl (C=O) groups excluding carboxylic acids is 1. The van der Waals surface area contributed by atoms with Gasteiger partial charge in [-0.2, -0.15) is 0 Å². The SMILES string of the molecule is CC(=O)c1sc2c3ncc(-c4c(C)nnn4C)cc3n(C(c3ncccc3F)C3CCOCC3)c2c1C. The molecular weight excluding hydrogens is 491 g/mol. The lowest BCUT2D eigenvalue weighted by atomic mass is 9.88. The summed E-state index contributed by atoms with van der Waals surface area (Å²) in [6.45, 7) is 6.70. The van der Waals surface area contributed by atoms with Gasteiger partial charge in [0.1, 0.15) is 11.3 Å². The van der Waals surface area contributed by atoms with Crippen LogP contribution in [-0.4, -0.2) is 48.5 Å². The standard InChI is InChI=1S/C27H27FN6O2S/c1-14-23-27(37-26(14)16(3)35)22-20(12-18(13-30-22)24-15(2)31-32-33(24)4)34(23)25(17-7-10-36-11-8-17)21-19(28)6-5-9-29-21/h5-6,9,12-13,17,25H,7-8,10-11H2,1-4H3. The monoisotopic (exact) mass is 518 g/mol. The van der Waals surface area contributed by atoms with Crippen molar-refractivity contribution >= 4 is 38.4 Å². The Morgan fingerprint density at radius 1 is 1.24 bits per heavy atom. The fourth-order valence-corrected chi connectivity index (χ4v) is 6.90. The van der Waals surface area contributed by atoms with Crippen molar-refractivity contribution in [1.29, 1.82) is 0 Å². The number of rotatable bonds is 5. The van der Waals surface area contributed by atoms with Crippen molar-refractivity contribution in [2.24, 2.45) is 13.0 Å². The number of fused-ring (bicyclic) bond motifs is 3. The molecule has 10 heteroatoms. The Bertz CT molecular complexity index is 1640. The second kappa shape index (κ2) is 9.11. The largest absolute Gasteiger partial charge is 0.381 e. The highest BCUT2D eigenvalue weighted by Gasteiger charge is 2.34. The van der Waals surface area contributed by atoms with Crippen molar-refractivity contribution in [3.63, 3.8) is 0 Å². The van der Waals surface area contributed by atoms with Crippen LogP contribution >= 0.6 is 11.3 Å². The van der Waals surface area contributed by atoms with Crippen molar-refractivity contribution in [2.45, 2.75) is 39.7 Å². The summed E-state index contributed by atoms with van der Waals surface area (Å²) in [6, 6.07) is 4.78. The first-order chi connectivity index (χ1) is 17.9. The number of aromatic nitrogens is 6. The topological polar surface area (TPSA) is 87.7 Å². The summed E-state index contributed by atoms with van der Waals surface area (Å²) in [7, 11) is 1.86. The molecule has 1 atom stereocenters. The van der Waals surface area contributed by atoms with E-state index in [2.05, 4.69) is 25.9 Å². The molecule has 1 aliphatic rings. The Morgan fingerprint density at radius 3 is 2.70 bits per heavy atom. The fraction of sp³-hybridized carbons (Fsp3) is 0.370. The molecule has 0 amide bonds. The van der Waals surface area contributed by atoms with Gasteiger partial charge in [0.05, 0.1) is 43.7 Å². The maximum absolute atomic E-state index is 15.4. The number of aryl methyl sites for hydroxylation is 3. The highest BCUT2D eigenvalue weighted by molar-refractivity contribution is 7.22. The molecule has 0 saturated carbocycles. The van der Waals surface area contributed by atoms with Crippen LogP contribution < -0.4 is 0 Å². The van der Waals surface area contributed by atoms with Crippen molar-refractivity contribution in [1.82, 2.24) is 29.5 Å². The molecule has 5 aromatic rings. The highest BCUT2D eigenvalue weighted by atomic mass is 32.1. The van der Waals surface area contributed by atoms with E-state index in [1.165, 1.54) is 17.4 Å². The predicted molar refractivity (Wildman–Crippen MR) is 140 cm³/mol. The number of ether oxygens (including phenoxy) is 1. The molecule has 6 rings (SSSR count). The third-order valence-corrected chi connectivity index (χ3v) is 8.73. The van der Waals surface area contributed by atoms with Crippen molar-refractivity contribution in [2.75, 3.05) is 13.2 Å². The molecule has 190 valence electrons. The van der Waals surface area contributed by atoms with Gasteiger partial charge in [-0.25, -0.2) is 9.07 Å². The maximum atomic E-state index is 15.4. The van der Waals surface area contributed by atoms with E-state index in [-0.39, 0.29) is 23.6 Å². The number of carbonyl (C=O) groups is 1. The molecule has 0 N–H and O–H groups in total. The van der Waals surface area contributed by atoms with E-state index in [1.807, 2.05) is 27.1 Å². The molecule has 0 radical (unpaired) electrons. The van der Waals surface area contributed by atoms with Gasteiger partial charge in [-0.05, 0) is 63.3 Å². The number of Topliss-reactive ketones (excluding diaryl/α,β-unsaturated/α-hetero) is 1. The number of halogens is 1. The van der Waals surface area contributed by atoms with E-state index in [0.29, 0.717) is 23.8 Å². The molecule has 0 aliphatic carbocycles. The van der Waals surface area contributed by atoms with Crippen LogP contribution in [0.3, 0.4) is 0 Å². The number of nitrogens with zero attached hydrogens (tertiary/aromatic N) is 6. The van der Waals surface area contributed by atoms with Gasteiger partial charge in [0.15, 0.2) is 5.78 Å².